The molecule has 2 aromatic heterocycles. The van der Waals surface area contributed by atoms with Gasteiger partial charge in [0.2, 0.25) is 0 Å². The number of urea groups is 1. The summed E-state index contributed by atoms with van der Waals surface area (Å²) in [5, 5.41) is 14.1. The average Bonchev–Trinajstić information content (AvgIpc) is 2.76. The van der Waals surface area contributed by atoms with Gasteiger partial charge in [-0.15, -0.1) is 10.2 Å². The van der Waals surface area contributed by atoms with Crippen molar-refractivity contribution in [2.24, 2.45) is 0 Å². The zero-order valence-corrected chi connectivity index (χ0v) is 12.5. The second-order valence-corrected chi connectivity index (χ2v) is 5.36. The molecule has 0 atom stereocenters. The van der Waals surface area contributed by atoms with Crippen LogP contribution in [0.15, 0.2) is 24.5 Å². The van der Waals surface area contributed by atoms with E-state index in [4.69, 9.17) is 0 Å². The second-order valence-electron chi connectivity index (χ2n) is 5.36. The minimum absolute atomic E-state index is 0.221. The highest BCUT2D eigenvalue weighted by atomic mass is 16.2. The first-order valence-electron chi connectivity index (χ1n) is 7.69. The van der Waals surface area contributed by atoms with E-state index in [-0.39, 0.29) is 6.03 Å². The molecule has 1 aliphatic heterocycles. The predicted octanol–water partition coefficient (Wildman–Crippen LogP) is 1.76. The third-order valence-corrected chi connectivity index (χ3v) is 3.76. The van der Waals surface area contributed by atoms with Gasteiger partial charge in [0.25, 0.3) is 0 Å². The van der Waals surface area contributed by atoms with Crippen molar-refractivity contribution >= 4 is 11.7 Å². The average molecular weight is 300 g/mol. The maximum absolute atomic E-state index is 11.8. The number of rotatable bonds is 4. The summed E-state index contributed by atoms with van der Waals surface area (Å²) in [5.74, 6) is 2.04. The minimum atomic E-state index is -0.221. The number of pyridine rings is 1. The summed E-state index contributed by atoms with van der Waals surface area (Å²) in [5.41, 5.74) is 0.726. The van der Waals surface area contributed by atoms with Gasteiger partial charge in [0, 0.05) is 44.0 Å². The van der Waals surface area contributed by atoms with Crippen LogP contribution < -0.4 is 10.6 Å². The SMILES string of the molecule is O=C(NCCc1nnc2n1CCCCC2)Nc1ccncc1. The number of hydrogen-bond donors (Lipinski definition) is 2. The Hall–Kier alpha value is -2.44. The molecule has 0 aliphatic carbocycles. The summed E-state index contributed by atoms with van der Waals surface area (Å²) in [6, 6.07) is 3.28. The van der Waals surface area contributed by atoms with E-state index in [1.165, 1.54) is 19.3 Å². The summed E-state index contributed by atoms with van der Waals surface area (Å²) < 4.78 is 2.20. The van der Waals surface area contributed by atoms with E-state index >= 15 is 0 Å². The van der Waals surface area contributed by atoms with Crippen molar-refractivity contribution in [3.05, 3.63) is 36.2 Å². The van der Waals surface area contributed by atoms with Crippen LogP contribution in [0, 0.1) is 0 Å². The lowest BCUT2D eigenvalue weighted by Crippen LogP contribution is -2.31. The smallest absolute Gasteiger partial charge is 0.319 e. The standard InChI is InChI=1S/C15H20N6O/c22-15(18-12-5-8-16-9-6-12)17-10-7-14-20-19-13-4-2-1-3-11-21(13)14/h5-6,8-9H,1-4,7,10-11H2,(H2,16,17,18,22). The van der Waals surface area contributed by atoms with Crippen molar-refractivity contribution in [3.63, 3.8) is 0 Å². The van der Waals surface area contributed by atoms with Gasteiger partial charge in [-0.3, -0.25) is 4.98 Å². The molecule has 3 rings (SSSR count). The molecule has 0 saturated heterocycles. The van der Waals surface area contributed by atoms with Crippen LogP contribution in [0.3, 0.4) is 0 Å². The molecule has 0 spiro atoms. The normalized spacial score (nSPS) is 14.0. The maximum atomic E-state index is 11.8. The van der Waals surface area contributed by atoms with Crippen LogP contribution in [0.5, 0.6) is 0 Å². The Morgan fingerprint density at radius 1 is 1.18 bits per heavy atom. The molecule has 1 aliphatic rings. The molecule has 7 heteroatoms. The van der Waals surface area contributed by atoms with Gasteiger partial charge in [-0.25, -0.2) is 4.79 Å². The number of aryl methyl sites for hydroxylation is 1. The highest BCUT2D eigenvalue weighted by Gasteiger charge is 2.14. The summed E-state index contributed by atoms with van der Waals surface area (Å²) in [6.07, 6.45) is 8.58. The number of nitrogens with zero attached hydrogens (tertiary/aromatic N) is 4. The van der Waals surface area contributed by atoms with E-state index in [1.54, 1.807) is 24.5 Å². The minimum Gasteiger partial charge on any atom is -0.337 e. The number of carbonyl (C=O) groups excluding carboxylic acids is 1. The number of anilines is 1. The Kier molecular flexibility index (Phi) is 4.62. The zero-order chi connectivity index (χ0) is 15.2. The van der Waals surface area contributed by atoms with Crippen molar-refractivity contribution in [2.75, 3.05) is 11.9 Å². The Bertz CT molecular complexity index is 624. The number of fused-ring (bicyclic) bond motifs is 1. The first-order valence-corrected chi connectivity index (χ1v) is 7.69. The third kappa shape index (κ3) is 3.60. The lowest BCUT2D eigenvalue weighted by atomic mass is 10.2. The van der Waals surface area contributed by atoms with Crippen molar-refractivity contribution in [2.45, 2.75) is 38.6 Å². The largest absolute Gasteiger partial charge is 0.337 e. The fraction of sp³-hybridized carbons (Fsp3) is 0.467. The molecule has 2 aromatic rings. The van der Waals surface area contributed by atoms with Crippen molar-refractivity contribution in [3.8, 4) is 0 Å². The lowest BCUT2D eigenvalue weighted by Gasteiger charge is -2.09. The number of nitrogens with one attached hydrogen (secondary N) is 2. The van der Waals surface area contributed by atoms with Crippen molar-refractivity contribution in [1.29, 1.82) is 0 Å². The van der Waals surface area contributed by atoms with Crippen LogP contribution in [-0.2, 0) is 19.4 Å². The zero-order valence-electron chi connectivity index (χ0n) is 12.5. The van der Waals surface area contributed by atoms with Crippen LogP contribution in [0.4, 0.5) is 10.5 Å². The number of aromatic nitrogens is 4. The fourth-order valence-corrected chi connectivity index (χ4v) is 2.63. The Morgan fingerprint density at radius 3 is 2.91 bits per heavy atom. The summed E-state index contributed by atoms with van der Waals surface area (Å²) in [7, 11) is 0. The Labute approximate surface area is 129 Å². The lowest BCUT2D eigenvalue weighted by molar-refractivity contribution is 0.252. The van der Waals surface area contributed by atoms with Gasteiger partial charge in [-0.2, -0.15) is 0 Å². The molecule has 0 radical (unpaired) electrons. The molecular weight excluding hydrogens is 280 g/mol. The van der Waals surface area contributed by atoms with E-state index in [0.29, 0.717) is 13.0 Å². The molecule has 22 heavy (non-hydrogen) atoms. The monoisotopic (exact) mass is 300 g/mol. The molecule has 3 heterocycles. The van der Waals surface area contributed by atoms with E-state index < -0.39 is 0 Å². The quantitative estimate of drug-likeness (QED) is 0.901. The van der Waals surface area contributed by atoms with Crippen molar-refractivity contribution < 1.29 is 4.79 Å². The van der Waals surface area contributed by atoms with Crippen LogP contribution in [-0.4, -0.2) is 32.3 Å². The first kappa shape index (κ1) is 14.5. The van der Waals surface area contributed by atoms with Gasteiger partial charge in [0.15, 0.2) is 0 Å². The van der Waals surface area contributed by atoms with E-state index in [1.807, 2.05) is 0 Å². The molecule has 116 valence electrons. The Morgan fingerprint density at radius 2 is 2.05 bits per heavy atom. The molecule has 7 nitrogen and oxygen atoms in total. The molecule has 2 N–H and O–H groups in total. The fourth-order valence-electron chi connectivity index (χ4n) is 2.63. The molecule has 0 aromatic carbocycles. The first-order chi connectivity index (χ1) is 10.8. The molecule has 0 fully saturated rings. The van der Waals surface area contributed by atoms with Crippen LogP contribution in [0.25, 0.3) is 0 Å². The summed E-state index contributed by atoms with van der Waals surface area (Å²) in [6.45, 7) is 1.52. The van der Waals surface area contributed by atoms with E-state index in [2.05, 4.69) is 30.4 Å². The highest BCUT2D eigenvalue weighted by molar-refractivity contribution is 5.88. The summed E-state index contributed by atoms with van der Waals surface area (Å²) >= 11 is 0. The maximum Gasteiger partial charge on any atom is 0.319 e. The Balaban J connectivity index is 1.49. The molecule has 0 unspecified atom stereocenters. The van der Waals surface area contributed by atoms with Gasteiger partial charge in [0.05, 0.1) is 0 Å². The number of carbonyl (C=O) groups is 1. The predicted molar refractivity (Wildman–Crippen MR) is 82.5 cm³/mol. The van der Waals surface area contributed by atoms with Gasteiger partial charge in [-0.05, 0) is 25.0 Å². The summed E-state index contributed by atoms with van der Waals surface area (Å²) in [4.78, 5) is 15.7. The van der Waals surface area contributed by atoms with Gasteiger partial charge < -0.3 is 15.2 Å². The van der Waals surface area contributed by atoms with E-state index in [0.717, 1.165) is 30.3 Å². The number of amides is 2. The van der Waals surface area contributed by atoms with Crippen LogP contribution in [0.2, 0.25) is 0 Å². The van der Waals surface area contributed by atoms with E-state index in [9.17, 15) is 4.79 Å². The third-order valence-electron chi connectivity index (χ3n) is 3.76. The molecular formula is C15H20N6O. The van der Waals surface area contributed by atoms with Gasteiger partial charge >= 0.3 is 6.03 Å². The van der Waals surface area contributed by atoms with Gasteiger partial charge in [-0.1, -0.05) is 6.42 Å². The van der Waals surface area contributed by atoms with Crippen molar-refractivity contribution in [1.82, 2.24) is 25.1 Å². The van der Waals surface area contributed by atoms with Crippen LogP contribution >= 0.6 is 0 Å². The molecule has 0 saturated carbocycles. The number of hydrogen-bond acceptors (Lipinski definition) is 4. The topological polar surface area (TPSA) is 84.7 Å². The molecule has 2 amide bonds. The highest BCUT2D eigenvalue weighted by Crippen LogP contribution is 2.14. The van der Waals surface area contributed by atoms with Crippen LogP contribution in [0.1, 0.15) is 30.9 Å². The second kappa shape index (κ2) is 7.02. The van der Waals surface area contributed by atoms with Gasteiger partial charge in [0.1, 0.15) is 11.6 Å². The molecule has 0 bridgehead atoms.